The number of carboxylic acids is 1. The molecule has 26 heavy (non-hydrogen) atoms. The van der Waals surface area contributed by atoms with Gasteiger partial charge in [-0.05, 0) is 50.8 Å². The van der Waals surface area contributed by atoms with Crippen LogP contribution in [0.5, 0.6) is 0 Å². The monoisotopic (exact) mass is 360 g/mol. The maximum Gasteiger partial charge on any atom is 0.340 e. The van der Waals surface area contributed by atoms with E-state index >= 15 is 0 Å². The summed E-state index contributed by atoms with van der Waals surface area (Å²) in [6.45, 7) is 3.69. The van der Waals surface area contributed by atoms with Gasteiger partial charge < -0.3 is 14.7 Å². The number of likely N-dealkylation sites (tertiary alicyclic amines) is 1. The van der Waals surface area contributed by atoms with Crippen molar-refractivity contribution in [1.82, 2.24) is 9.88 Å². The fourth-order valence-corrected chi connectivity index (χ4v) is 4.45. The summed E-state index contributed by atoms with van der Waals surface area (Å²) < 4.78 is 5.10. The first-order valence-electron chi connectivity index (χ1n) is 9.70. The van der Waals surface area contributed by atoms with Crippen LogP contribution in [-0.4, -0.2) is 52.7 Å². The van der Waals surface area contributed by atoms with Gasteiger partial charge in [0.2, 0.25) is 0 Å². The number of aromatic nitrogens is 1. The smallest absolute Gasteiger partial charge is 0.340 e. The zero-order chi connectivity index (χ0) is 18.5. The van der Waals surface area contributed by atoms with Gasteiger partial charge in [-0.3, -0.25) is 9.78 Å². The Morgan fingerprint density at radius 2 is 2.08 bits per heavy atom. The number of hydrogen-bond donors (Lipinski definition) is 1. The van der Waals surface area contributed by atoms with E-state index in [0.717, 1.165) is 19.5 Å². The van der Waals surface area contributed by atoms with Crippen LogP contribution in [0.2, 0.25) is 0 Å². The van der Waals surface area contributed by atoms with Gasteiger partial charge in [-0.15, -0.1) is 0 Å². The molecule has 1 aliphatic carbocycles. The summed E-state index contributed by atoms with van der Waals surface area (Å²) in [5.74, 6) is -2.21. The molecule has 2 fully saturated rings. The molecule has 2 aliphatic rings. The van der Waals surface area contributed by atoms with E-state index in [-0.39, 0.29) is 18.1 Å². The zero-order valence-corrected chi connectivity index (χ0v) is 15.4. The zero-order valence-electron chi connectivity index (χ0n) is 15.4. The number of carbonyl (C=O) groups excluding carboxylic acids is 1. The van der Waals surface area contributed by atoms with E-state index in [9.17, 15) is 14.7 Å². The number of carbonyl (C=O) groups is 2. The number of esters is 1. The maximum absolute atomic E-state index is 12.3. The second-order valence-electron chi connectivity index (χ2n) is 7.31. The van der Waals surface area contributed by atoms with Crippen molar-refractivity contribution in [2.45, 2.75) is 57.4 Å². The molecule has 1 N–H and O–H groups in total. The van der Waals surface area contributed by atoms with Crippen LogP contribution in [-0.2, 0) is 9.53 Å². The normalized spacial score (nSPS) is 22.9. The van der Waals surface area contributed by atoms with Gasteiger partial charge in [-0.1, -0.05) is 19.3 Å². The molecule has 1 aromatic heterocycles. The average Bonchev–Trinajstić information content (AvgIpc) is 3.12. The Morgan fingerprint density at radius 1 is 1.31 bits per heavy atom. The third-order valence-electron chi connectivity index (χ3n) is 5.71. The predicted octanol–water partition coefficient (Wildman–Crippen LogP) is 3.08. The highest BCUT2D eigenvalue weighted by molar-refractivity contribution is 5.92. The summed E-state index contributed by atoms with van der Waals surface area (Å²) in [5, 5.41) is 9.91. The minimum absolute atomic E-state index is 0.0301. The topological polar surface area (TPSA) is 79.7 Å². The predicted molar refractivity (Wildman–Crippen MR) is 97.1 cm³/mol. The molecular weight excluding hydrogens is 332 g/mol. The van der Waals surface area contributed by atoms with E-state index in [4.69, 9.17) is 4.74 Å². The molecule has 0 radical (unpaired) electrons. The Bertz CT molecular complexity index is 642. The minimum atomic E-state index is -0.912. The Labute approximate surface area is 154 Å². The lowest BCUT2D eigenvalue weighted by Gasteiger charge is -2.31. The van der Waals surface area contributed by atoms with Crippen LogP contribution >= 0.6 is 0 Å². The highest BCUT2D eigenvalue weighted by Gasteiger charge is 2.39. The van der Waals surface area contributed by atoms with Crippen molar-refractivity contribution in [2.24, 2.45) is 5.92 Å². The molecule has 2 heterocycles. The highest BCUT2D eigenvalue weighted by atomic mass is 16.5. The highest BCUT2D eigenvalue weighted by Crippen LogP contribution is 2.36. The molecule has 2 atom stereocenters. The molecule has 1 aromatic rings. The number of rotatable bonds is 6. The first kappa shape index (κ1) is 18.8. The van der Waals surface area contributed by atoms with Crippen molar-refractivity contribution < 1.29 is 19.4 Å². The van der Waals surface area contributed by atoms with E-state index in [2.05, 4.69) is 9.88 Å². The Kier molecular flexibility index (Phi) is 6.25. The van der Waals surface area contributed by atoms with Gasteiger partial charge in [-0.2, -0.15) is 0 Å². The van der Waals surface area contributed by atoms with E-state index < -0.39 is 17.9 Å². The van der Waals surface area contributed by atoms with Crippen molar-refractivity contribution in [2.75, 3.05) is 19.7 Å². The third kappa shape index (κ3) is 4.06. The van der Waals surface area contributed by atoms with Gasteiger partial charge in [0.15, 0.2) is 0 Å². The van der Waals surface area contributed by atoms with E-state index in [0.29, 0.717) is 11.7 Å². The van der Waals surface area contributed by atoms with Gasteiger partial charge >= 0.3 is 11.9 Å². The van der Waals surface area contributed by atoms with E-state index in [1.165, 1.54) is 32.1 Å². The summed E-state index contributed by atoms with van der Waals surface area (Å²) in [7, 11) is 0. The third-order valence-corrected chi connectivity index (χ3v) is 5.71. The van der Waals surface area contributed by atoms with Crippen LogP contribution in [0.25, 0.3) is 0 Å². The molecule has 0 bridgehead atoms. The quantitative estimate of drug-likeness (QED) is 0.786. The second-order valence-corrected chi connectivity index (χ2v) is 7.31. The number of hydrogen-bond acceptors (Lipinski definition) is 5. The van der Waals surface area contributed by atoms with Crippen molar-refractivity contribution in [3.05, 3.63) is 29.6 Å². The van der Waals surface area contributed by atoms with Crippen molar-refractivity contribution in [3.63, 3.8) is 0 Å². The number of aliphatic carboxylic acids is 1. The van der Waals surface area contributed by atoms with Crippen molar-refractivity contribution in [3.8, 4) is 0 Å². The molecule has 1 saturated heterocycles. The number of pyridine rings is 1. The summed E-state index contributed by atoms with van der Waals surface area (Å²) in [6.07, 6.45) is 8.64. The molecule has 0 aromatic carbocycles. The summed E-state index contributed by atoms with van der Waals surface area (Å²) in [5.41, 5.74) is 0.617. The lowest BCUT2D eigenvalue weighted by Crippen LogP contribution is -2.36. The number of carboxylic acid groups (broad SMARTS) is 1. The molecule has 6 nitrogen and oxygen atoms in total. The molecule has 1 aliphatic heterocycles. The Morgan fingerprint density at radius 3 is 2.77 bits per heavy atom. The second kappa shape index (κ2) is 8.62. The van der Waals surface area contributed by atoms with Crippen molar-refractivity contribution in [1.29, 1.82) is 0 Å². The minimum Gasteiger partial charge on any atom is -0.481 e. The van der Waals surface area contributed by atoms with Gasteiger partial charge in [0.1, 0.15) is 5.92 Å². The van der Waals surface area contributed by atoms with Crippen LogP contribution in [0.15, 0.2) is 18.3 Å². The van der Waals surface area contributed by atoms with Gasteiger partial charge in [0.25, 0.3) is 0 Å². The average molecular weight is 360 g/mol. The van der Waals surface area contributed by atoms with Crippen LogP contribution < -0.4 is 0 Å². The van der Waals surface area contributed by atoms with E-state index in [1.54, 1.807) is 25.3 Å². The lowest BCUT2D eigenvalue weighted by molar-refractivity contribution is -0.140. The number of nitrogens with zero attached hydrogens (tertiary/aromatic N) is 2. The molecule has 0 spiro atoms. The van der Waals surface area contributed by atoms with Crippen LogP contribution in [0.4, 0.5) is 0 Å². The van der Waals surface area contributed by atoms with Crippen LogP contribution in [0, 0.1) is 5.92 Å². The molecule has 6 heteroatoms. The fourth-order valence-electron chi connectivity index (χ4n) is 4.45. The van der Waals surface area contributed by atoms with Crippen molar-refractivity contribution >= 4 is 11.9 Å². The first-order valence-corrected chi connectivity index (χ1v) is 9.70. The molecule has 0 amide bonds. The van der Waals surface area contributed by atoms with Crippen LogP contribution in [0.3, 0.4) is 0 Å². The largest absolute Gasteiger partial charge is 0.481 e. The fraction of sp³-hybridized carbons (Fsp3) is 0.650. The SMILES string of the molecule is CCOC(=O)c1cccnc1C(C(=O)O)C1CCN(C2CCCCC2)C1. The molecule has 142 valence electrons. The summed E-state index contributed by atoms with van der Waals surface area (Å²) in [4.78, 5) is 31.1. The molecule has 1 saturated carbocycles. The standard InChI is InChI=1S/C20H28N2O4/c1-2-26-20(25)16-9-6-11-21-18(16)17(19(23)24)14-10-12-22(13-14)15-7-4-3-5-8-15/h6,9,11,14-15,17H,2-5,7-8,10,12-13H2,1H3,(H,23,24). The first-order chi connectivity index (χ1) is 12.6. The summed E-state index contributed by atoms with van der Waals surface area (Å²) >= 11 is 0. The Hall–Kier alpha value is -1.95. The van der Waals surface area contributed by atoms with Gasteiger partial charge in [0, 0.05) is 18.8 Å². The number of ether oxygens (including phenoxy) is 1. The maximum atomic E-state index is 12.3. The molecular formula is C20H28N2O4. The van der Waals surface area contributed by atoms with Gasteiger partial charge in [0.05, 0.1) is 17.9 Å². The Balaban J connectivity index is 1.80. The summed E-state index contributed by atoms with van der Waals surface area (Å²) in [6, 6.07) is 3.85. The lowest BCUT2D eigenvalue weighted by atomic mass is 9.86. The molecule has 3 rings (SSSR count). The van der Waals surface area contributed by atoms with E-state index in [1.807, 2.05) is 0 Å². The molecule has 2 unspecified atom stereocenters. The van der Waals surface area contributed by atoms with Crippen LogP contribution in [0.1, 0.15) is 67.4 Å². The van der Waals surface area contributed by atoms with Gasteiger partial charge in [-0.25, -0.2) is 4.79 Å².